The molecule has 2 rings (SSSR count). The predicted molar refractivity (Wildman–Crippen MR) is 104 cm³/mol. The largest absolute Gasteiger partial charge is 2.00 e. The quantitative estimate of drug-likeness (QED) is 0.392. The summed E-state index contributed by atoms with van der Waals surface area (Å²) in [5, 5.41) is 0. The molecule has 0 fully saturated rings. The van der Waals surface area contributed by atoms with Gasteiger partial charge >= 0.3 is 26.2 Å². The van der Waals surface area contributed by atoms with Gasteiger partial charge in [-0.2, -0.15) is 12.2 Å². The molecule has 0 aliphatic heterocycles. The molecule has 0 nitrogen and oxygen atoms in total. The molecule has 0 bridgehead atoms. The fourth-order valence-electron chi connectivity index (χ4n) is 2.13. The van der Waals surface area contributed by atoms with E-state index in [0.717, 1.165) is 24.7 Å². The summed E-state index contributed by atoms with van der Waals surface area (Å²) in [5.74, 6) is 1.64. The van der Waals surface area contributed by atoms with Gasteiger partial charge in [-0.1, -0.05) is 40.5 Å². The van der Waals surface area contributed by atoms with Crippen molar-refractivity contribution in [3.05, 3.63) is 47.6 Å². The Kier molecular flexibility index (Phi) is 21.2. The molecule has 2 aliphatic rings. The summed E-state index contributed by atoms with van der Waals surface area (Å²) in [6.07, 6.45) is 22.5. The van der Waals surface area contributed by atoms with E-state index in [9.17, 15) is 0 Å². The van der Waals surface area contributed by atoms with E-state index >= 15 is 0 Å². The summed E-state index contributed by atoms with van der Waals surface area (Å²) in [4.78, 5) is 0. The zero-order chi connectivity index (χ0) is 14.8. The van der Waals surface area contributed by atoms with Gasteiger partial charge < -0.3 is 0 Å². The van der Waals surface area contributed by atoms with Gasteiger partial charge in [0.05, 0.1) is 0 Å². The zero-order valence-corrected chi connectivity index (χ0v) is 19.1. The van der Waals surface area contributed by atoms with E-state index in [1.54, 1.807) is 0 Å². The molecule has 0 N–H and O–H groups in total. The maximum Gasteiger partial charge on any atom is 2.00 e. The fraction of sp³-hybridized carbons (Fsp3) is 0.600. The molecule has 2 aliphatic carbocycles. The summed E-state index contributed by atoms with van der Waals surface area (Å²) in [6.45, 7) is 9.05. The Morgan fingerprint density at radius 3 is 1.35 bits per heavy atom. The van der Waals surface area contributed by atoms with Gasteiger partial charge in [0.25, 0.3) is 0 Å². The van der Waals surface area contributed by atoms with Crippen molar-refractivity contribution < 1.29 is 26.2 Å². The SMILES string of the molecule is CC(C)CCC1=[C-]CC=C1.CC(C)CCC1=[C-]CC=C1.Cl.Cl.[Zr+2]. The second-order valence-corrected chi connectivity index (χ2v) is 6.48. The number of halogens is 2. The maximum atomic E-state index is 3.32. The monoisotopic (exact) mass is 432 g/mol. The topological polar surface area (TPSA) is 0 Å². The average Bonchev–Trinajstić information content (AvgIpc) is 3.08. The molecule has 0 spiro atoms. The molecule has 0 saturated heterocycles. The third-order valence-corrected chi connectivity index (χ3v) is 3.51. The van der Waals surface area contributed by atoms with E-state index in [0.29, 0.717) is 0 Å². The first kappa shape index (κ1) is 28.2. The van der Waals surface area contributed by atoms with Crippen LogP contribution in [0.3, 0.4) is 0 Å². The molecule has 0 aromatic heterocycles. The summed E-state index contributed by atoms with van der Waals surface area (Å²) < 4.78 is 0. The van der Waals surface area contributed by atoms with Crippen molar-refractivity contribution in [1.82, 2.24) is 0 Å². The molecule has 0 aromatic rings. The van der Waals surface area contributed by atoms with Crippen LogP contribution in [-0.2, 0) is 26.2 Å². The van der Waals surface area contributed by atoms with E-state index < -0.39 is 0 Å². The normalized spacial score (nSPS) is 14.3. The summed E-state index contributed by atoms with van der Waals surface area (Å²) in [7, 11) is 0. The predicted octanol–water partition coefficient (Wildman–Crippen LogP) is 7.07. The molecule has 0 saturated carbocycles. The van der Waals surface area contributed by atoms with E-state index in [1.165, 1.54) is 36.8 Å². The van der Waals surface area contributed by atoms with Crippen molar-refractivity contribution in [3.8, 4) is 0 Å². The number of allylic oxidation sites excluding steroid dienone is 8. The minimum atomic E-state index is 0. The summed E-state index contributed by atoms with van der Waals surface area (Å²) in [5.41, 5.74) is 2.82. The minimum Gasteiger partial charge on any atom is -0.269 e. The molecule has 0 aromatic carbocycles. The van der Waals surface area contributed by atoms with Gasteiger partial charge in [-0.05, 0) is 24.7 Å². The van der Waals surface area contributed by atoms with E-state index in [4.69, 9.17) is 0 Å². The van der Waals surface area contributed by atoms with Crippen LogP contribution >= 0.6 is 24.8 Å². The van der Waals surface area contributed by atoms with Crippen LogP contribution in [0, 0.1) is 24.0 Å². The minimum absolute atomic E-state index is 0. The van der Waals surface area contributed by atoms with Crippen LogP contribution in [0.15, 0.2) is 35.5 Å². The van der Waals surface area contributed by atoms with Crippen LogP contribution < -0.4 is 0 Å². The second-order valence-electron chi connectivity index (χ2n) is 6.48. The average molecular weight is 435 g/mol. The van der Waals surface area contributed by atoms with Crippen LogP contribution in [0.1, 0.15) is 66.2 Å². The fourth-order valence-corrected chi connectivity index (χ4v) is 2.13. The van der Waals surface area contributed by atoms with Gasteiger partial charge in [-0.3, -0.25) is 12.2 Å². The number of hydrogen-bond donors (Lipinski definition) is 0. The molecule has 0 heterocycles. The van der Waals surface area contributed by atoms with E-state index in [2.05, 4.69) is 64.2 Å². The molecule has 23 heavy (non-hydrogen) atoms. The molecular formula is C20H32Cl2Zr. The molecule has 0 radical (unpaired) electrons. The zero-order valence-electron chi connectivity index (χ0n) is 15.0. The summed E-state index contributed by atoms with van der Waals surface area (Å²) >= 11 is 0. The Balaban J connectivity index is -0.000000308. The van der Waals surface area contributed by atoms with Gasteiger partial charge in [0.1, 0.15) is 0 Å². The van der Waals surface area contributed by atoms with Gasteiger partial charge in [-0.15, -0.1) is 37.7 Å². The van der Waals surface area contributed by atoms with Crippen molar-refractivity contribution in [2.24, 2.45) is 11.8 Å². The van der Waals surface area contributed by atoms with Crippen molar-refractivity contribution in [1.29, 1.82) is 0 Å². The van der Waals surface area contributed by atoms with Crippen LogP contribution in [0.2, 0.25) is 0 Å². The molecule has 0 amide bonds. The van der Waals surface area contributed by atoms with E-state index in [-0.39, 0.29) is 51.0 Å². The van der Waals surface area contributed by atoms with Crippen molar-refractivity contribution in [3.63, 3.8) is 0 Å². The van der Waals surface area contributed by atoms with Crippen LogP contribution in [-0.4, -0.2) is 0 Å². The van der Waals surface area contributed by atoms with Crippen LogP contribution in [0.25, 0.3) is 0 Å². The number of rotatable bonds is 6. The smallest absolute Gasteiger partial charge is 0.269 e. The van der Waals surface area contributed by atoms with Gasteiger partial charge in [0.2, 0.25) is 0 Å². The van der Waals surface area contributed by atoms with Gasteiger partial charge in [0, 0.05) is 0 Å². The van der Waals surface area contributed by atoms with Crippen LogP contribution in [0.4, 0.5) is 0 Å². The Morgan fingerprint density at radius 2 is 1.13 bits per heavy atom. The molecule has 3 heteroatoms. The Bertz CT molecular complexity index is 352. The van der Waals surface area contributed by atoms with Crippen LogP contribution in [0.5, 0.6) is 0 Å². The first-order chi connectivity index (χ1) is 9.58. The Labute approximate surface area is 175 Å². The second kappa shape index (κ2) is 17.3. The van der Waals surface area contributed by atoms with Crippen molar-refractivity contribution in [2.75, 3.05) is 0 Å². The van der Waals surface area contributed by atoms with Gasteiger partial charge in [-0.25, -0.2) is 23.3 Å². The van der Waals surface area contributed by atoms with E-state index in [1.807, 2.05) is 0 Å². The van der Waals surface area contributed by atoms with Gasteiger partial charge in [0.15, 0.2) is 0 Å². The Hall–Kier alpha value is 0.423. The molecular weight excluding hydrogens is 402 g/mol. The molecule has 0 atom stereocenters. The first-order valence-corrected chi connectivity index (χ1v) is 8.10. The molecule has 130 valence electrons. The van der Waals surface area contributed by atoms with Crippen molar-refractivity contribution >= 4 is 24.8 Å². The Morgan fingerprint density at radius 1 is 0.783 bits per heavy atom. The standard InChI is InChI=1S/2C10H15.2ClH.Zr/c2*1-9(2)7-8-10-5-3-4-6-10;;;/h2*3,5,9H,4,7-8H2,1-2H3;2*1H;/q2*-1;;;+2. The first-order valence-electron chi connectivity index (χ1n) is 8.10. The molecule has 0 unspecified atom stereocenters. The number of hydrogen-bond acceptors (Lipinski definition) is 0. The van der Waals surface area contributed by atoms with Crippen molar-refractivity contribution in [2.45, 2.75) is 66.2 Å². The third-order valence-electron chi connectivity index (χ3n) is 3.51. The maximum absolute atomic E-state index is 3.32. The summed E-state index contributed by atoms with van der Waals surface area (Å²) in [6, 6.07) is 0. The third kappa shape index (κ3) is 15.7.